The molecule has 1 heterocycles. The fourth-order valence-electron chi connectivity index (χ4n) is 1.42. The number of rotatable bonds is 9. The summed E-state index contributed by atoms with van der Waals surface area (Å²) in [5.41, 5.74) is 0. The van der Waals surface area contributed by atoms with Crippen LogP contribution >= 0.6 is 0 Å². The first-order valence-electron chi connectivity index (χ1n) is 7.45. The molecule has 0 fully saturated rings. The monoisotopic (exact) mass is 281 g/mol. The Hall–Kier alpha value is -1.59. The van der Waals surface area contributed by atoms with E-state index in [4.69, 9.17) is 4.74 Å². The molecule has 2 N–H and O–H groups in total. The van der Waals surface area contributed by atoms with E-state index in [9.17, 15) is 0 Å². The Labute approximate surface area is 121 Å². The zero-order valence-electron chi connectivity index (χ0n) is 13.2. The van der Waals surface area contributed by atoms with Gasteiger partial charge in [-0.25, -0.2) is 0 Å². The van der Waals surface area contributed by atoms with Crippen LogP contribution in [0.15, 0.2) is 0 Å². The molecule has 1 rings (SSSR count). The summed E-state index contributed by atoms with van der Waals surface area (Å²) in [5.74, 6) is 1.70. The molecule has 1 aromatic rings. The summed E-state index contributed by atoms with van der Waals surface area (Å²) in [7, 11) is 0. The van der Waals surface area contributed by atoms with Crippen molar-refractivity contribution in [2.45, 2.75) is 53.6 Å². The van der Waals surface area contributed by atoms with Gasteiger partial charge in [-0.3, -0.25) is 0 Å². The summed E-state index contributed by atoms with van der Waals surface area (Å²) < 4.78 is 5.57. The molecule has 0 saturated carbocycles. The molecule has 0 aliphatic rings. The first kappa shape index (κ1) is 16.5. The van der Waals surface area contributed by atoms with Crippen molar-refractivity contribution in [3.63, 3.8) is 0 Å². The fraction of sp³-hybridized carbons (Fsp3) is 0.786. The van der Waals surface area contributed by atoms with Crippen LogP contribution in [-0.4, -0.2) is 34.1 Å². The molecule has 6 nitrogen and oxygen atoms in total. The van der Waals surface area contributed by atoms with Gasteiger partial charge < -0.3 is 15.4 Å². The SMILES string of the molecule is CCCNc1nc(NCC(C)CC)nc(OC(C)C)n1. The van der Waals surface area contributed by atoms with Crippen molar-refractivity contribution in [1.29, 1.82) is 0 Å². The maximum absolute atomic E-state index is 5.57. The molecule has 0 aromatic carbocycles. The average molecular weight is 281 g/mol. The number of nitrogens with one attached hydrogen (secondary N) is 2. The maximum Gasteiger partial charge on any atom is 0.323 e. The normalized spacial score (nSPS) is 12.3. The second kappa shape index (κ2) is 8.55. The highest BCUT2D eigenvalue weighted by Gasteiger charge is 2.09. The van der Waals surface area contributed by atoms with Gasteiger partial charge in [-0.1, -0.05) is 27.2 Å². The smallest absolute Gasteiger partial charge is 0.323 e. The fourth-order valence-corrected chi connectivity index (χ4v) is 1.42. The minimum Gasteiger partial charge on any atom is -0.461 e. The third-order valence-electron chi connectivity index (χ3n) is 2.79. The molecule has 0 spiro atoms. The van der Waals surface area contributed by atoms with Crippen LogP contribution in [0.3, 0.4) is 0 Å². The molecule has 20 heavy (non-hydrogen) atoms. The van der Waals surface area contributed by atoms with Gasteiger partial charge in [0.25, 0.3) is 0 Å². The van der Waals surface area contributed by atoms with Crippen molar-refractivity contribution in [1.82, 2.24) is 15.0 Å². The number of hydrogen-bond acceptors (Lipinski definition) is 6. The Balaban J connectivity index is 2.79. The molecule has 0 amide bonds. The Bertz CT molecular complexity index is 397. The van der Waals surface area contributed by atoms with Gasteiger partial charge >= 0.3 is 6.01 Å². The largest absolute Gasteiger partial charge is 0.461 e. The molecule has 6 heteroatoms. The lowest BCUT2D eigenvalue weighted by Crippen LogP contribution is -2.16. The van der Waals surface area contributed by atoms with Crippen molar-refractivity contribution in [3.8, 4) is 6.01 Å². The highest BCUT2D eigenvalue weighted by Crippen LogP contribution is 2.13. The van der Waals surface area contributed by atoms with E-state index in [0.717, 1.165) is 25.9 Å². The van der Waals surface area contributed by atoms with Crippen LogP contribution in [-0.2, 0) is 0 Å². The first-order chi connectivity index (χ1) is 9.55. The summed E-state index contributed by atoms with van der Waals surface area (Å²) in [5, 5.41) is 6.41. The molecule has 1 unspecified atom stereocenters. The molecule has 0 radical (unpaired) electrons. The van der Waals surface area contributed by atoms with E-state index < -0.39 is 0 Å². The number of aromatic nitrogens is 3. The lowest BCUT2D eigenvalue weighted by molar-refractivity contribution is 0.222. The predicted molar refractivity (Wildman–Crippen MR) is 82.3 cm³/mol. The van der Waals surface area contributed by atoms with Crippen LogP contribution < -0.4 is 15.4 Å². The zero-order chi connectivity index (χ0) is 15.0. The van der Waals surface area contributed by atoms with E-state index in [2.05, 4.69) is 46.4 Å². The number of nitrogens with zero attached hydrogens (tertiary/aromatic N) is 3. The van der Waals surface area contributed by atoms with E-state index in [1.807, 2.05) is 13.8 Å². The number of anilines is 2. The highest BCUT2D eigenvalue weighted by atomic mass is 16.5. The van der Waals surface area contributed by atoms with Gasteiger partial charge in [0.15, 0.2) is 0 Å². The van der Waals surface area contributed by atoms with E-state index >= 15 is 0 Å². The third kappa shape index (κ3) is 6.04. The molecular formula is C14H27N5O. The molecule has 0 saturated heterocycles. The Kier molecular flexibility index (Phi) is 7.04. The minimum absolute atomic E-state index is 0.0406. The predicted octanol–water partition coefficient (Wildman–Crippen LogP) is 2.94. The summed E-state index contributed by atoms with van der Waals surface area (Å²) in [6, 6.07) is 0.361. The van der Waals surface area contributed by atoms with E-state index in [-0.39, 0.29) is 6.10 Å². The van der Waals surface area contributed by atoms with E-state index in [1.54, 1.807) is 0 Å². The minimum atomic E-state index is 0.0406. The summed E-state index contributed by atoms with van der Waals surface area (Å²) in [4.78, 5) is 12.9. The second-order valence-electron chi connectivity index (χ2n) is 5.25. The molecule has 0 aliphatic heterocycles. The van der Waals surface area contributed by atoms with Gasteiger partial charge in [-0.2, -0.15) is 15.0 Å². The van der Waals surface area contributed by atoms with Crippen LogP contribution in [0.1, 0.15) is 47.5 Å². The zero-order valence-corrected chi connectivity index (χ0v) is 13.2. The Morgan fingerprint density at radius 1 is 1.00 bits per heavy atom. The first-order valence-corrected chi connectivity index (χ1v) is 7.45. The number of ether oxygens (including phenoxy) is 1. The van der Waals surface area contributed by atoms with Gasteiger partial charge in [0, 0.05) is 13.1 Å². The van der Waals surface area contributed by atoms with Gasteiger partial charge in [-0.15, -0.1) is 0 Å². The average Bonchev–Trinajstić information content (AvgIpc) is 2.41. The van der Waals surface area contributed by atoms with E-state index in [1.165, 1.54) is 0 Å². The van der Waals surface area contributed by atoms with Gasteiger partial charge in [0.05, 0.1) is 6.10 Å². The maximum atomic E-state index is 5.57. The lowest BCUT2D eigenvalue weighted by Gasteiger charge is -2.13. The molecule has 0 aliphatic carbocycles. The Morgan fingerprint density at radius 2 is 1.65 bits per heavy atom. The van der Waals surface area contributed by atoms with Crippen LogP contribution in [0.5, 0.6) is 6.01 Å². The van der Waals surface area contributed by atoms with Gasteiger partial charge in [0.1, 0.15) is 0 Å². The second-order valence-corrected chi connectivity index (χ2v) is 5.25. The summed E-state index contributed by atoms with van der Waals surface area (Å²) >= 11 is 0. The van der Waals surface area contributed by atoms with Crippen molar-refractivity contribution < 1.29 is 4.74 Å². The van der Waals surface area contributed by atoms with Crippen LogP contribution in [0.2, 0.25) is 0 Å². The molecular weight excluding hydrogens is 254 g/mol. The summed E-state index contributed by atoms with van der Waals surface area (Å²) in [6.45, 7) is 12.0. The van der Waals surface area contributed by atoms with Gasteiger partial charge in [-0.05, 0) is 26.2 Å². The standard InChI is InChI=1S/C14H27N5O/c1-6-8-15-12-17-13(16-9-11(5)7-2)19-14(18-12)20-10(3)4/h10-11H,6-9H2,1-5H3,(H2,15,16,17,18,19). The number of hydrogen-bond donors (Lipinski definition) is 2. The van der Waals surface area contributed by atoms with Crippen LogP contribution in [0, 0.1) is 5.92 Å². The topological polar surface area (TPSA) is 72.0 Å². The van der Waals surface area contributed by atoms with Crippen molar-refractivity contribution in [3.05, 3.63) is 0 Å². The highest BCUT2D eigenvalue weighted by molar-refractivity contribution is 5.35. The van der Waals surface area contributed by atoms with Gasteiger partial charge in [0.2, 0.25) is 11.9 Å². The van der Waals surface area contributed by atoms with Crippen molar-refractivity contribution in [2.75, 3.05) is 23.7 Å². The molecule has 0 bridgehead atoms. The van der Waals surface area contributed by atoms with E-state index in [0.29, 0.717) is 23.8 Å². The van der Waals surface area contributed by atoms with Crippen molar-refractivity contribution in [2.24, 2.45) is 5.92 Å². The van der Waals surface area contributed by atoms with Crippen LogP contribution in [0.4, 0.5) is 11.9 Å². The molecule has 1 atom stereocenters. The third-order valence-corrected chi connectivity index (χ3v) is 2.79. The molecule has 114 valence electrons. The van der Waals surface area contributed by atoms with Crippen LogP contribution in [0.25, 0.3) is 0 Å². The molecule has 1 aromatic heterocycles. The quantitative estimate of drug-likeness (QED) is 0.725. The lowest BCUT2D eigenvalue weighted by atomic mass is 10.1. The Morgan fingerprint density at radius 3 is 2.20 bits per heavy atom. The summed E-state index contributed by atoms with van der Waals surface area (Å²) in [6.07, 6.45) is 2.18. The van der Waals surface area contributed by atoms with Crippen molar-refractivity contribution >= 4 is 11.9 Å².